The van der Waals surface area contributed by atoms with Crippen molar-refractivity contribution in [2.75, 3.05) is 25.3 Å². The van der Waals surface area contributed by atoms with E-state index in [1.807, 2.05) is 0 Å². The third kappa shape index (κ3) is 5.94. The molecule has 1 aromatic heterocycles. The van der Waals surface area contributed by atoms with Gasteiger partial charge in [-0.25, -0.2) is 4.79 Å². The van der Waals surface area contributed by atoms with Gasteiger partial charge in [-0.2, -0.15) is 0 Å². The second-order valence-electron chi connectivity index (χ2n) is 5.67. The molecule has 1 atom stereocenters. The van der Waals surface area contributed by atoms with Crippen LogP contribution in [0.5, 0.6) is 5.75 Å². The van der Waals surface area contributed by atoms with Crippen molar-refractivity contribution in [3.05, 3.63) is 40.6 Å². The van der Waals surface area contributed by atoms with Crippen molar-refractivity contribution in [3.8, 4) is 17.1 Å². The van der Waals surface area contributed by atoms with Crippen molar-refractivity contribution in [1.82, 2.24) is 0 Å². The summed E-state index contributed by atoms with van der Waals surface area (Å²) in [5.74, 6) is -0.0799. The van der Waals surface area contributed by atoms with Crippen LogP contribution in [-0.4, -0.2) is 25.3 Å². The molecule has 0 aliphatic rings. The van der Waals surface area contributed by atoms with Crippen molar-refractivity contribution in [2.24, 2.45) is 0 Å². The molecule has 0 bridgehead atoms. The average Bonchev–Trinajstić information content (AvgIpc) is 3.03. The number of alkyl halides is 1. The van der Waals surface area contributed by atoms with Crippen LogP contribution in [0.4, 0.5) is 0 Å². The topological polar surface area (TPSA) is 105 Å². The fourth-order valence-corrected chi connectivity index (χ4v) is 8.11. The second kappa shape index (κ2) is 10.1. The second-order valence-corrected chi connectivity index (χ2v) is 11.5. The Balaban J connectivity index is 2.21. The van der Waals surface area contributed by atoms with E-state index in [9.17, 15) is 13.9 Å². The molecule has 1 heterocycles. The number of hydrogen-bond donors (Lipinski definition) is 0. The van der Waals surface area contributed by atoms with Gasteiger partial charge in [0.05, 0.1) is 18.5 Å². The average molecular weight is 497 g/mol. The molecular weight excluding hydrogens is 474 g/mol. The maximum atomic E-state index is 13.1. The lowest BCUT2D eigenvalue weighted by Gasteiger charge is -2.23. The molecule has 0 fully saturated rings. The number of rotatable bonds is 11. The monoisotopic (exact) mass is 496 g/mol. The van der Waals surface area contributed by atoms with Crippen molar-refractivity contribution < 1.29 is 31.5 Å². The molecular formula is C17H23BrO8P2. The summed E-state index contributed by atoms with van der Waals surface area (Å²) in [7, 11) is -6.83. The van der Waals surface area contributed by atoms with Gasteiger partial charge in [-0.3, -0.25) is 9.13 Å². The Hall–Kier alpha value is -1.11. The first-order chi connectivity index (χ1) is 13.3. The van der Waals surface area contributed by atoms with Crippen LogP contribution in [-0.2, 0) is 23.5 Å². The van der Waals surface area contributed by atoms with Gasteiger partial charge in [0.15, 0.2) is 11.5 Å². The molecule has 1 aromatic carbocycles. The van der Waals surface area contributed by atoms with E-state index in [0.29, 0.717) is 28.2 Å². The van der Waals surface area contributed by atoms with Crippen LogP contribution < -0.4 is 10.3 Å². The molecule has 0 saturated heterocycles. The van der Waals surface area contributed by atoms with E-state index in [4.69, 9.17) is 22.4 Å². The zero-order valence-corrected chi connectivity index (χ0v) is 19.3. The summed E-state index contributed by atoms with van der Waals surface area (Å²) in [4.78, 5) is 11.3. The quantitative estimate of drug-likeness (QED) is 0.288. The molecule has 0 radical (unpaired) electrons. The van der Waals surface area contributed by atoms with Gasteiger partial charge in [0.1, 0.15) is 11.7 Å². The number of benzene rings is 1. The molecule has 0 saturated carbocycles. The van der Waals surface area contributed by atoms with E-state index in [-0.39, 0.29) is 25.3 Å². The van der Waals surface area contributed by atoms with E-state index in [1.54, 1.807) is 45.0 Å². The minimum absolute atomic E-state index is 0.170. The largest absolute Gasteiger partial charge is 0.519 e. The molecule has 8 nitrogen and oxygen atoms in total. The van der Waals surface area contributed by atoms with E-state index >= 15 is 0 Å². The molecule has 156 valence electrons. The van der Waals surface area contributed by atoms with Crippen molar-refractivity contribution in [3.63, 3.8) is 0 Å². The highest BCUT2D eigenvalue weighted by Gasteiger charge is 2.37. The fraction of sp³-hybridized carbons (Fsp3) is 0.471. The highest BCUT2D eigenvalue weighted by atomic mass is 79.9. The minimum Gasteiger partial charge on any atom is -0.442 e. The minimum atomic E-state index is -3.52. The lowest BCUT2D eigenvalue weighted by molar-refractivity contribution is 0.223. The van der Waals surface area contributed by atoms with Crippen molar-refractivity contribution >= 4 is 30.9 Å². The SMILES string of the molecule is CCOP(=O)(CP(=O)(CC)Oc1ccc(-c2oc(=O)oc2CBr)cc1)OCC. The highest BCUT2D eigenvalue weighted by molar-refractivity contribution is 9.08. The maximum absolute atomic E-state index is 13.1. The van der Waals surface area contributed by atoms with Crippen LogP contribution in [0.1, 0.15) is 26.5 Å². The Morgan fingerprint density at radius 2 is 1.61 bits per heavy atom. The summed E-state index contributed by atoms with van der Waals surface area (Å²) in [5, 5.41) is 0.321. The first-order valence-electron chi connectivity index (χ1n) is 8.73. The third-order valence-electron chi connectivity index (χ3n) is 3.68. The van der Waals surface area contributed by atoms with Gasteiger partial charge in [0.2, 0.25) is 0 Å². The zero-order chi connectivity index (χ0) is 20.8. The highest BCUT2D eigenvalue weighted by Crippen LogP contribution is 2.62. The smallest absolute Gasteiger partial charge is 0.442 e. The van der Waals surface area contributed by atoms with Crippen LogP contribution >= 0.6 is 30.9 Å². The molecule has 0 aliphatic carbocycles. The van der Waals surface area contributed by atoms with E-state index in [1.165, 1.54) is 0 Å². The van der Waals surface area contributed by atoms with Gasteiger partial charge >= 0.3 is 13.4 Å². The number of halogens is 1. The van der Waals surface area contributed by atoms with Crippen LogP contribution in [0.15, 0.2) is 37.9 Å². The molecule has 0 amide bonds. The Kier molecular flexibility index (Phi) is 8.34. The van der Waals surface area contributed by atoms with Crippen molar-refractivity contribution in [1.29, 1.82) is 0 Å². The molecule has 0 spiro atoms. The van der Waals surface area contributed by atoms with Crippen LogP contribution in [0.2, 0.25) is 0 Å². The molecule has 11 heteroatoms. The molecule has 0 N–H and O–H groups in total. The summed E-state index contributed by atoms with van der Waals surface area (Å²) < 4.78 is 52.0. The molecule has 2 rings (SSSR count). The van der Waals surface area contributed by atoms with Crippen LogP contribution in [0, 0.1) is 0 Å². The third-order valence-corrected chi connectivity index (χ3v) is 10.1. The molecule has 2 aromatic rings. The lowest BCUT2D eigenvalue weighted by Crippen LogP contribution is -2.06. The summed E-state index contributed by atoms with van der Waals surface area (Å²) in [6.45, 7) is 5.44. The normalized spacial score (nSPS) is 14.0. The molecule has 1 unspecified atom stereocenters. The van der Waals surface area contributed by atoms with Gasteiger partial charge in [0.25, 0.3) is 7.37 Å². The maximum Gasteiger partial charge on any atom is 0.519 e. The molecule has 0 aliphatic heterocycles. The van der Waals surface area contributed by atoms with Gasteiger partial charge in [-0.1, -0.05) is 22.9 Å². The summed E-state index contributed by atoms with van der Waals surface area (Å²) in [5.41, 5.74) is 0.605. The first-order valence-corrected chi connectivity index (χ1v) is 13.6. The van der Waals surface area contributed by atoms with Gasteiger partial charge in [-0.05, 0) is 38.1 Å². The van der Waals surface area contributed by atoms with Gasteiger partial charge in [-0.15, -0.1) is 0 Å². The lowest BCUT2D eigenvalue weighted by atomic mass is 10.1. The Labute approximate surface area is 171 Å². The molecule has 28 heavy (non-hydrogen) atoms. The van der Waals surface area contributed by atoms with Crippen LogP contribution in [0.3, 0.4) is 0 Å². The van der Waals surface area contributed by atoms with Gasteiger partial charge < -0.3 is 22.4 Å². The first kappa shape index (κ1) is 23.2. The Morgan fingerprint density at radius 1 is 1.00 bits per heavy atom. The predicted molar refractivity (Wildman–Crippen MR) is 110 cm³/mol. The van der Waals surface area contributed by atoms with E-state index < -0.39 is 20.8 Å². The predicted octanol–water partition coefficient (Wildman–Crippen LogP) is 5.70. The van der Waals surface area contributed by atoms with Crippen molar-refractivity contribution in [2.45, 2.75) is 26.1 Å². The zero-order valence-electron chi connectivity index (χ0n) is 15.9. The van der Waals surface area contributed by atoms with Crippen LogP contribution in [0.25, 0.3) is 11.3 Å². The Morgan fingerprint density at radius 3 is 2.11 bits per heavy atom. The summed E-state index contributed by atoms with van der Waals surface area (Å²) in [6.07, 6.45) is 0.170. The number of hydrogen-bond acceptors (Lipinski definition) is 8. The van der Waals surface area contributed by atoms with E-state index in [2.05, 4.69) is 15.9 Å². The standard InChI is InChI=1S/C17H23BrO8P2/c1-4-22-28(21,23-5-2)12-27(20,6-3)26-14-9-7-13(8-10-14)16-15(11-18)24-17(19)25-16/h7-10H,4-6,11-12H2,1-3H3. The van der Waals surface area contributed by atoms with E-state index in [0.717, 1.165) is 0 Å². The Bertz CT molecular complexity index is 908. The van der Waals surface area contributed by atoms with Gasteiger partial charge in [0, 0.05) is 11.7 Å². The summed E-state index contributed by atoms with van der Waals surface area (Å²) in [6, 6.07) is 6.49. The summed E-state index contributed by atoms with van der Waals surface area (Å²) >= 11 is 3.23. The fourth-order valence-electron chi connectivity index (χ4n) is 2.44.